The Morgan fingerprint density at radius 3 is 2.59 bits per heavy atom. The highest BCUT2D eigenvalue weighted by Crippen LogP contribution is 2.40. The van der Waals surface area contributed by atoms with E-state index in [1.165, 1.54) is 0 Å². The average molecular weight is 233 g/mol. The second-order valence-electron chi connectivity index (χ2n) is 4.75. The van der Waals surface area contributed by atoms with Crippen LogP contribution in [-0.2, 0) is 0 Å². The standard InChI is InChI=1S/C12H15N3O2/c16-12(17)11-13-9(8-3-4-8)7-10(14-11)15-5-1-2-6-15/h7-8H,1-6H2,(H,16,17). The molecule has 0 aromatic carbocycles. The van der Waals surface area contributed by atoms with Crippen LogP contribution in [0.2, 0.25) is 0 Å². The van der Waals surface area contributed by atoms with Crippen molar-refractivity contribution in [3.63, 3.8) is 0 Å². The zero-order valence-corrected chi connectivity index (χ0v) is 9.59. The molecule has 1 aliphatic heterocycles. The molecule has 2 fully saturated rings. The predicted octanol–water partition coefficient (Wildman–Crippen LogP) is 1.65. The predicted molar refractivity (Wildman–Crippen MR) is 62.4 cm³/mol. The van der Waals surface area contributed by atoms with Gasteiger partial charge in [-0.15, -0.1) is 0 Å². The minimum atomic E-state index is -1.03. The molecule has 0 atom stereocenters. The molecular weight excluding hydrogens is 218 g/mol. The molecule has 3 rings (SSSR count). The summed E-state index contributed by atoms with van der Waals surface area (Å²) in [6.45, 7) is 1.94. The van der Waals surface area contributed by atoms with E-state index in [-0.39, 0.29) is 5.82 Å². The minimum Gasteiger partial charge on any atom is -0.475 e. The van der Waals surface area contributed by atoms with Crippen molar-refractivity contribution in [2.24, 2.45) is 0 Å². The van der Waals surface area contributed by atoms with Crippen LogP contribution >= 0.6 is 0 Å². The Labute approximate surface area is 99.5 Å². The second-order valence-corrected chi connectivity index (χ2v) is 4.75. The van der Waals surface area contributed by atoms with Crippen LogP contribution in [0.4, 0.5) is 5.82 Å². The van der Waals surface area contributed by atoms with Crippen molar-refractivity contribution in [3.05, 3.63) is 17.6 Å². The van der Waals surface area contributed by atoms with Gasteiger partial charge in [0.1, 0.15) is 5.82 Å². The Kier molecular flexibility index (Phi) is 2.46. The molecule has 5 nitrogen and oxygen atoms in total. The Balaban J connectivity index is 1.97. The van der Waals surface area contributed by atoms with E-state index >= 15 is 0 Å². The molecule has 2 aliphatic rings. The third kappa shape index (κ3) is 2.09. The van der Waals surface area contributed by atoms with Gasteiger partial charge in [-0.25, -0.2) is 14.8 Å². The largest absolute Gasteiger partial charge is 0.475 e. The number of aromatic nitrogens is 2. The van der Waals surface area contributed by atoms with Crippen molar-refractivity contribution in [2.75, 3.05) is 18.0 Å². The van der Waals surface area contributed by atoms with Crippen molar-refractivity contribution in [1.29, 1.82) is 0 Å². The maximum Gasteiger partial charge on any atom is 0.374 e. The maximum absolute atomic E-state index is 11.0. The van der Waals surface area contributed by atoms with Gasteiger partial charge in [-0.05, 0) is 25.7 Å². The van der Waals surface area contributed by atoms with E-state index in [4.69, 9.17) is 5.11 Å². The first-order valence-electron chi connectivity index (χ1n) is 6.11. The molecule has 1 aliphatic carbocycles. The van der Waals surface area contributed by atoms with Gasteiger partial charge in [0.05, 0.1) is 0 Å². The van der Waals surface area contributed by atoms with Crippen LogP contribution in [0, 0.1) is 0 Å². The first kappa shape index (κ1) is 10.5. The summed E-state index contributed by atoms with van der Waals surface area (Å²) >= 11 is 0. The summed E-state index contributed by atoms with van der Waals surface area (Å²) < 4.78 is 0. The third-order valence-corrected chi connectivity index (χ3v) is 3.35. The highest BCUT2D eigenvalue weighted by atomic mass is 16.4. The normalized spacial score (nSPS) is 19.6. The fourth-order valence-corrected chi connectivity index (χ4v) is 2.24. The number of carbonyl (C=O) groups is 1. The molecule has 1 saturated carbocycles. The number of aromatic carboxylic acids is 1. The molecule has 1 N–H and O–H groups in total. The molecule has 5 heteroatoms. The lowest BCUT2D eigenvalue weighted by Crippen LogP contribution is -2.21. The molecule has 17 heavy (non-hydrogen) atoms. The first-order chi connectivity index (χ1) is 8.24. The van der Waals surface area contributed by atoms with Crippen LogP contribution < -0.4 is 4.90 Å². The maximum atomic E-state index is 11.0. The lowest BCUT2D eigenvalue weighted by atomic mass is 10.2. The van der Waals surface area contributed by atoms with Crippen LogP contribution in [-0.4, -0.2) is 34.1 Å². The van der Waals surface area contributed by atoms with Gasteiger partial charge >= 0.3 is 5.97 Å². The molecule has 1 aromatic heterocycles. The number of hydrogen-bond donors (Lipinski definition) is 1. The number of hydrogen-bond acceptors (Lipinski definition) is 4. The fraction of sp³-hybridized carbons (Fsp3) is 0.583. The summed E-state index contributed by atoms with van der Waals surface area (Å²) in [5, 5.41) is 9.04. The lowest BCUT2D eigenvalue weighted by molar-refractivity contribution is 0.0683. The van der Waals surface area contributed by atoms with E-state index in [0.717, 1.165) is 50.3 Å². The summed E-state index contributed by atoms with van der Waals surface area (Å²) in [5.74, 6) is 0.151. The summed E-state index contributed by atoms with van der Waals surface area (Å²) in [5.41, 5.74) is 0.902. The molecule has 1 aromatic rings. The van der Waals surface area contributed by atoms with Crippen molar-refractivity contribution in [2.45, 2.75) is 31.6 Å². The van der Waals surface area contributed by atoms with Crippen LogP contribution in [0.1, 0.15) is 47.9 Å². The zero-order valence-electron chi connectivity index (χ0n) is 9.59. The van der Waals surface area contributed by atoms with Crippen LogP contribution in [0.25, 0.3) is 0 Å². The molecule has 90 valence electrons. The molecular formula is C12H15N3O2. The Hall–Kier alpha value is -1.65. The number of carboxylic acids is 1. The average Bonchev–Trinajstić information content (AvgIpc) is 3.04. The summed E-state index contributed by atoms with van der Waals surface area (Å²) in [6, 6.07) is 1.97. The Morgan fingerprint density at radius 1 is 1.29 bits per heavy atom. The first-order valence-corrected chi connectivity index (χ1v) is 6.11. The molecule has 0 bridgehead atoms. The molecule has 2 heterocycles. The number of carboxylic acid groups (broad SMARTS) is 1. The monoisotopic (exact) mass is 233 g/mol. The van der Waals surface area contributed by atoms with E-state index in [1.807, 2.05) is 6.07 Å². The van der Waals surface area contributed by atoms with Crippen LogP contribution in [0.15, 0.2) is 6.07 Å². The van der Waals surface area contributed by atoms with Gasteiger partial charge in [-0.3, -0.25) is 0 Å². The van der Waals surface area contributed by atoms with Gasteiger partial charge in [-0.2, -0.15) is 0 Å². The highest BCUT2D eigenvalue weighted by molar-refractivity contribution is 5.83. The fourth-order valence-electron chi connectivity index (χ4n) is 2.24. The Morgan fingerprint density at radius 2 is 2.00 bits per heavy atom. The smallest absolute Gasteiger partial charge is 0.374 e. The highest BCUT2D eigenvalue weighted by Gasteiger charge is 2.28. The third-order valence-electron chi connectivity index (χ3n) is 3.35. The van der Waals surface area contributed by atoms with E-state index in [9.17, 15) is 4.79 Å². The minimum absolute atomic E-state index is 0.0590. The van der Waals surface area contributed by atoms with Crippen molar-refractivity contribution < 1.29 is 9.90 Å². The van der Waals surface area contributed by atoms with Gasteiger partial charge < -0.3 is 10.0 Å². The van der Waals surface area contributed by atoms with E-state index in [1.54, 1.807) is 0 Å². The Bertz CT molecular complexity index is 451. The number of anilines is 1. The molecule has 0 spiro atoms. The van der Waals surface area contributed by atoms with Crippen LogP contribution in [0.5, 0.6) is 0 Å². The second kappa shape index (κ2) is 3.98. The molecule has 0 radical (unpaired) electrons. The van der Waals surface area contributed by atoms with Gasteiger partial charge in [0, 0.05) is 30.8 Å². The van der Waals surface area contributed by atoms with Gasteiger partial charge in [0.25, 0.3) is 0 Å². The van der Waals surface area contributed by atoms with E-state index in [2.05, 4.69) is 14.9 Å². The van der Waals surface area contributed by atoms with Gasteiger partial charge in [-0.1, -0.05) is 0 Å². The lowest BCUT2D eigenvalue weighted by Gasteiger charge is -2.17. The molecule has 0 unspecified atom stereocenters. The topological polar surface area (TPSA) is 66.3 Å². The van der Waals surface area contributed by atoms with E-state index in [0.29, 0.717) is 5.92 Å². The quantitative estimate of drug-likeness (QED) is 0.859. The number of nitrogens with zero attached hydrogens (tertiary/aromatic N) is 3. The van der Waals surface area contributed by atoms with Gasteiger partial charge in [0.15, 0.2) is 0 Å². The van der Waals surface area contributed by atoms with Crippen molar-refractivity contribution >= 4 is 11.8 Å². The van der Waals surface area contributed by atoms with Crippen molar-refractivity contribution in [1.82, 2.24) is 9.97 Å². The summed E-state index contributed by atoms with van der Waals surface area (Å²) in [6.07, 6.45) is 4.56. The zero-order chi connectivity index (χ0) is 11.8. The number of rotatable bonds is 3. The van der Waals surface area contributed by atoms with E-state index < -0.39 is 5.97 Å². The summed E-state index contributed by atoms with van der Waals surface area (Å²) in [7, 11) is 0. The molecule has 0 amide bonds. The van der Waals surface area contributed by atoms with Gasteiger partial charge in [0.2, 0.25) is 5.82 Å². The SMILES string of the molecule is O=C(O)c1nc(C2CC2)cc(N2CCCC2)n1. The summed E-state index contributed by atoms with van der Waals surface area (Å²) in [4.78, 5) is 21.4. The van der Waals surface area contributed by atoms with Crippen molar-refractivity contribution in [3.8, 4) is 0 Å². The molecule has 1 saturated heterocycles. The van der Waals surface area contributed by atoms with Crippen LogP contribution in [0.3, 0.4) is 0 Å².